The molecule has 1 unspecified atom stereocenters. The number of nitrogens with zero attached hydrogens (tertiary/aromatic N) is 1. The van der Waals surface area contributed by atoms with Crippen molar-refractivity contribution >= 4 is 39.1 Å². The number of carbonyl (C=O) groups is 1. The average Bonchev–Trinajstić information content (AvgIpc) is 2.88. The molecule has 0 bridgehead atoms. The molecule has 19 heavy (non-hydrogen) atoms. The van der Waals surface area contributed by atoms with Crippen molar-refractivity contribution in [1.29, 1.82) is 0 Å². The molecule has 1 aliphatic heterocycles. The molecule has 8 heteroatoms. The van der Waals surface area contributed by atoms with Crippen LogP contribution in [0.4, 0.5) is 0 Å². The smallest absolute Gasteiger partial charge is 0.322 e. The summed E-state index contributed by atoms with van der Waals surface area (Å²) >= 11 is 2.69. The minimum absolute atomic E-state index is 0.238. The molecule has 1 aliphatic rings. The Labute approximate surface area is 120 Å². The van der Waals surface area contributed by atoms with Crippen LogP contribution in [0.3, 0.4) is 0 Å². The molecule has 5 nitrogen and oxygen atoms in total. The number of carboxylic acids is 1. The maximum absolute atomic E-state index is 12.5. The van der Waals surface area contributed by atoms with Gasteiger partial charge in [0.15, 0.2) is 0 Å². The number of carboxylic acid groups (broad SMARTS) is 1. The van der Waals surface area contributed by atoms with Crippen LogP contribution in [0.15, 0.2) is 16.3 Å². The Kier molecular flexibility index (Phi) is 4.54. The maximum Gasteiger partial charge on any atom is 0.322 e. The highest BCUT2D eigenvalue weighted by atomic mass is 32.2. The number of rotatable bonds is 4. The standard InChI is InChI=1S/C11H15NO4S3/c1-2-8-3-4-10(18-8)19(15,16)12-5-6-17-7-9(12)11(13)14/h3-4,9H,2,5-7H2,1H3,(H,13,14). The van der Waals surface area contributed by atoms with Crippen LogP contribution in [-0.4, -0.2) is 47.9 Å². The predicted octanol–water partition coefficient (Wildman–Crippen LogP) is 1.50. The van der Waals surface area contributed by atoms with E-state index >= 15 is 0 Å². The fourth-order valence-electron chi connectivity index (χ4n) is 1.87. The topological polar surface area (TPSA) is 74.7 Å². The molecule has 0 radical (unpaired) electrons. The number of thiophene rings is 1. The summed E-state index contributed by atoms with van der Waals surface area (Å²) in [6, 6.07) is 2.39. The van der Waals surface area contributed by atoms with Gasteiger partial charge in [-0.1, -0.05) is 6.92 Å². The molecular weight excluding hydrogens is 306 g/mol. The molecule has 1 atom stereocenters. The van der Waals surface area contributed by atoms with Crippen molar-refractivity contribution in [3.8, 4) is 0 Å². The summed E-state index contributed by atoms with van der Waals surface area (Å²) in [7, 11) is -3.69. The third kappa shape index (κ3) is 2.96. The number of thioether (sulfide) groups is 1. The summed E-state index contributed by atoms with van der Waals surface area (Å²) in [5, 5.41) is 9.15. The second-order valence-electron chi connectivity index (χ2n) is 4.12. The van der Waals surface area contributed by atoms with E-state index in [-0.39, 0.29) is 10.8 Å². The van der Waals surface area contributed by atoms with Gasteiger partial charge < -0.3 is 5.11 Å². The molecule has 1 fully saturated rings. The van der Waals surface area contributed by atoms with Gasteiger partial charge in [-0.2, -0.15) is 16.1 Å². The predicted molar refractivity (Wildman–Crippen MR) is 76.3 cm³/mol. The molecule has 1 aromatic heterocycles. The summed E-state index contributed by atoms with van der Waals surface area (Å²) < 4.78 is 26.4. The van der Waals surface area contributed by atoms with Gasteiger partial charge in [0, 0.05) is 22.9 Å². The van der Waals surface area contributed by atoms with Crippen LogP contribution >= 0.6 is 23.1 Å². The van der Waals surface area contributed by atoms with Crippen LogP contribution in [-0.2, 0) is 21.2 Å². The zero-order valence-electron chi connectivity index (χ0n) is 10.4. The van der Waals surface area contributed by atoms with Gasteiger partial charge in [0.05, 0.1) is 0 Å². The Morgan fingerprint density at radius 1 is 1.53 bits per heavy atom. The van der Waals surface area contributed by atoms with Crippen molar-refractivity contribution in [1.82, 2.24) is 4.31 Å². The summed E-state index contributed by atoms with van der Waals surface area (Å²) in [6.45, 7) is 2.21. The second kappa shape index (κ2) is 5.82. The van der Waals surface area contributed by atoms with Crippen LogP contribution in [0.25, 0.3) is 0 Å². The average molecular weight is 321 g/mol. The number of hydrogen-bond acceptors (Lipinski definition) is 5. The summed E-state index contributed by atoms with van der Waals surface area (Å²) in [4.78, 5) is 12.2. The fraction of sp³-hybridized carbons (Fsp3) is 0.545. The largest absolute Gasteiger partial charge is 0.480 e. The first-order valence-corrected chi connectivity index (χ1v) is 9.29. The highest BCUT2D eigenvalue weighted by Crippen LogP contribution is 2.29. The Hall–Kier alpha value is -0.570. The first-order chi connectivity index (χ1) is 8.96. The Morgan fingerprint density at radius 3 is 2.84 bits per heavy atom. The van der Waals surface area contributed by atoms with E-state index < -0.39 is 22.0 Å². The molecule has 106 valence electrons. The summed E-state index contributed by atoms with van der Waals surface area (Å²) in [5.41, 5.74) is 0. The highest BCUT2D eigenvalue weighted by Gasteiger charge is 2.38. The Balaban J connectivity index is 2.34. The summed E-state index contributed by atoms with van der Waals surface area (Å²) in [5.74, 6) is -0.140. The molecule has 0 amide bonds. The van der Waals surface area contributed by atoms with Crippen LogP contribution < -0.4 is 0 Å². The lowest BCUT2D eigenvalue weighted by Crippen LogP contribution is -2.49. The normalized spacial score (nSPS) is 21.4. The van der Waals surface area contributed by atoms with Crippen molar-refractivity contribution in [3.05, 3.63) is 17.0 Å². The zero-order chi connectivity index (χ0) is 14.0. The van der Waals surface area contributed by atoms with Crippen LogP contribution in [0.2, 0.25) is 0 Å². The van der Waals surface area contributed by atoms with E-state index in [1.54, 1.807) is 12.1 Å². The molecular formula is C11H15NO4S3. The van der Waals surface area contributed by atoms with Gasteiger partial charge in [-0.25, -0.2) is 8.42 Å². The molecule has 2 rings (SSSR count). The van der Waals surface area contributed by atoms with Crippen molar-refractivity contribution in [2.75, 3.05) is 18.1 Å². The lowest BCUT2D eigenvalue weighted by atomic mass is 10.3. The molecule has 0 spiro atoms. The fourth-order valence-corrected chi connectivity index (χ4v) is 6.13. The highest BCUT2D eigenvalue weighted by molar-refractivity contribution is 7.99. The first kappa shape index (κ1) is 14.8. The van der Waals surface area contributed by atoms with Crippen LogP contribution in [0, 0.1) is 0 Å². The number of hydrogen-bond donors (Lipinski definition) is 1. The Morgan fingerprint density at radius 2 is 2.26 bits per heavy atom. The van der Waals surface area contributed by atoms with Gasteiger partial charge in [-0.15, -0.1) is 11.3 Å². The van der Waals surface area contributed by atoms with Crippen molar-refractivity contribution < 1.29 is 18.3 Å². The van der Waals surface area contributed by atoms with E-state index in [2.05, 4.69) is 0 Å². The molecule has 0 saturated carbocycles. The van der Waals surface area contributed by atoms with E-state index in [4.69, 9.17) is 5.11 Å². The van der Waals surface area contributed by atoms with Crippen molar-refractivity contribution in [2.24, 2.45) is 0 Å². The molecule has 1 N–H and O–H groups in total. The van der Waals surface area contributed by atoms with E-state index in [0.717, 1.165) is 15.6 Å². The molecule has 0 aliphatic carbocycles. The van der Waals surface area contributed by atoms with Gasteiger partial charge in [0.2, 0.25) is 0 Å². The second-order valence-corrected chi connectivity index (χ2v) is 8.55. The van der Waals surface area contributed by atoms with Crippen molar-refractivity contribution in [2.45, 2.75) is 23.6 Å². The molecule has 0 aromatic carbocycles. The third-order valence-corrected chi connectivity index (χ3v) is 7.54. The third-order valence-electron chi connectivity index (χ3n) is 2.91. The molecule has 1 saturated heterocycles. The van der Waals surface area contributed by atoms with Gasteiger partial charge in [-0.05, 0) is 18.6 Å². The summed E-state index contributed by atoms with van der Waals surface area (Å²) in [6.07, 6.45) is 0.776. The van der Waals surface area contributed by atoms with Crippen LogP contribution in [0.5, 0.6) is 0 Å². The van der Waals surface area contributed by atoms with E-state index in [1.807, 2.05) is 6.92 Å². The zero-order valence-corrected chi connectivity index (χ0v) is 12.9. The molecule has 2 heterocycles. The van der Waals surface area contributed by atoms with Gasteiger partial charge in [0.25, 0.3) is 10.0 Å². The maximum atomic E-state index is 12.5. The number of sulfonamides is 1. The van der Waals surface area contributed by atoms with Gasteiger partial charge in [0.1, 0.15) is 10.3 Å². The lowest BCUT2D eigenvalue weighted by molar-refractivity contribution is -0.140. The first-order valence-electron chi connectivity index (χ1n) is 5.88. The van der Waals surface area contributed by atoms with Crippen molar-refractivity contribution in [3.63, 3.8) is 0 Å². The van der Waals surface area contributed by atoms with Gasteiger partial charge in [-0.3, -0.25) is 4.79 Å². The quantitative estimate of drug-likeness (QED) is 0.909. The number of aryl methyl sites for hydroxylation is 1. The minimum atomic E-state index is -3.69. The number of aliphatic carboxylic acids is 1. The minimum Gasteiger partial charge on any atom is -0.480 e. The van der Waals surface area contributed by atoms with E-state index in [9.17, 15) is 13.2 Å². The SMILES string of the molecule is CCc1ccc(S(=O)(=O)N2CCSCC2C(=O)O)s1. The lowest BCUT2D eigenvalue weighted by Gasteiger charge is -2.30. The van der Waals surface area contributed by atoms with Gasteiger partial charge >= 0.3 is 5.97 Å². The monoisotopic (exact) mass is 321 g/mol. The molecule has 1 aromatic rings. The van der Waals surface area contributed by atoms with Crippen LogP contribution in [0.1, 0.15) is 11.8 Å². The Bertz CT molecular complexity index is 566. The van der Waals surface area contributed by atoms with E-state index in [0.29, 0.717) is 11.5 Å². The van der Waals surface area contributed by atoms with E-state index in [1.165, 1.54) is 23.1 Å².